The summed E-state index contributed by atoms with van der Waals surface area (Å²) in [5.41, 5.74) is -0.769. The Morgan fingerprint density at radius 3 is 2.71 bits per heavy atom. The maximum Gasteiger partial charge on any atom is 0.249 e. The average Bonchev–Trinajstić information content (AvgIpc) is 2.12. The molecule has 1 N–H and O–H groups in total. The van der Waals surface area contributed by atoms with Gasteiger partial charge in [-0.3, -0.25) is 4.79 Å². The van der Waals surface area contributed by atoms with Crippen LogP contribution in [0.2, 0.25) is 5.02 Å². The molecule has 0 spiro atoms. The fraction of sp³-hybridized carbons (Fsp3) is 0. The minimum absolute atomic E-state index is 0.0997. The molecule has 0 saturated carbocycles. The van der Waals surface area contributed by atoms with Crippen LogP contribution in [0.3, 0.4) is 0 Å². The molecular weight excluding hydrogens is 212 g/mol. The molecule has 2 aromatic rings. The molecule has 1 aromatic carbocycles. The van der Waals surface area contributed by atoms with E-state index in [2.05, 4.69) is 4.98 Å². The van der Waals surface area contributed by atoms with Crippen molar-refractivity contribution in [2.45, 2.75) is 0 Å². The number of aromatic nitrogens is 1. The second-order valence-corrected chi connectivity index (χ2v) is 3.17. The lowest BCUT2D eigenvalue weighted by atomic mass is 10.2. The average molecular weight is 216 g/mol. The zero-order chi connectivity index (χ0) is 10.3. The molecule has 0 unspecified atom stereocenters. The van der Waals surface area contributed by atoms with Crippen molar-refractivity contribution >= 4 is 22.5 Å². The molecular formula is C9H4ClF2NO. The third-order valence-electron chi connectivity index (χ3n) is 1.86. The normalized spacial score (nSPS) is 10.8. The van der Waals surface area contributed by atoms with Crippen LogP contribution in [0.25, 0.3) is 10.9 Å². The highest BCUT2D eigenvalue weighted by Gasteiger charge is 2.10. The molecule has 0 atom stereocenters. The Bertz CT molecular complexity index is 564. The molecule has 0 aliphatic carbocycles. The Labute approximate surface area is 82.1 Å². The van der Waals surface area contributed by atoms with E-state index in [-0.39, 0.29) is 15.9 Å². The van der Waals surface area contributed by atoms with E-state index in [0.717, 1.165) is 12.1 Å². The van der Waals surface area contributed by atoms with E-state index in [9.17, 15) is 13.6 Å². The van der Waals surface area contributed by atoms with Gasteiger partial charge in [0.25, 0.3) is 0 Å². The summed E-state index contributed by atoms with van der Waals surface area (Å²) in [6.07, 6.45) is 0. The first kappa shape index (κ1) is 9.15. The monoisotopic (exact) mass is 215 g/mol. The van der Waals surface area contributed by atoms with Crippen molar-refractivity contribution in [1.82, 2.24) is 4.98 Å². The molecule has 0 saturated heterocycles. The second-order valence-electron chi connectivity index (χ2n) is 2.77. The minimum Gasteiger partial charge on any atom is -0.319 e. The Hall–Kier alpha value is -1.42. The van der Waals surface area contributed by atoms with Crippen molar-refractivity contribution in [2.75, 3.05) is 0 Å². The molecule has 14 heavy (non-hydrogen) atoms. The fourth-order valence-electron chi connectivity index (χ4n) is 1.22. The zero-order valence-electron chi connectivity index (χ0n) is 6.77. The highest BCUT2D eigenvalue weighted by atomic mass is 35.5. The third kappa shape index (κ3) is 1.28. The van der Waals surface area contributed by atoms with Gasteiger partial charge in [0.1, 0.15) is 0 Å². The quantitative estimate of drug-likeness (QED) is 0.720. The Morgan fingerprint density at radius 1 is 1.29 bits per heavy atom. The van der Waals surface area contributed by atoms with Gasteiger partial charge < -0.3 is 4.98 Å². The van der Waals surface area contributed by atoms with Crippen molar-refractivity contribution in [3.05, 3.63) is 45.2 Å². The molecule has 1 aromatic heterocycles. The summed E-state index contributed by atoms with van der Waals surface area (Å²) >= 11 is 5.68. The van der Waals surface area contributed by atoms with E-state index in [1.165, 1.54) is 6.07 Å². The van der Waals surface area contributed by atoms with Gasteiger partial charge in [0, 0.05) is 11.5 Å². The van der Waals surface area contributed by atoms with E-state index in [1.54, 1.807) is 0 Å². The van der Waals surface area contributed by atoms with Crippen LogP contribution in [0, 0.1) is 11.6 Å². The van der Waals surface area contributed by atoms with Gasteiger partial charge in [0.2, 0.25) is 5.56 Å². The van der Waals surface area contributed by atoms with Crippen LogP contribution in [-0.2, 0) is 0 Å². The molecule has 0 fully saturated rings. The number of rotatable bonds is 0. The van der Waals surface area contributed by atoms with Crippen molar-refractivity contribution in [2.24, 2.45) is 0 Å². The third-order valence-corrected chi connectivity index (χ3v) is 2.17. The van der Waals surface area contributed by atoms with Gasteiger partial charge in [-0.15, -0.1) is 0 Å². The molecule has 1 heterocycles. The van der Waals surface area contributed by atoms with E-state index in [4.69, 9.17) is 11.6 Å². The van der Waals surface area contributed by atoms with E-state index in [1.807, 2.05) is 0 Å². The molecule has 2 nitrogen and oxygen atoms in total. The van der Waals surface area contributed by atoms with E-state index >= 15 is 0 Å². The topological polar surface area (TPSA) is 32.9 Å². The Balaban J connectivity index is 3.02. The van der Waals surface area contributed by atoms with Crippen LogP contribution in [0.1, 0.15) is 0 Å². The van der Waals surface area contributed by atoms with Gasteiger partial charge in [-0.1, -0.05) is 11.6 Å². The molecule has 0 bridgehead atoms. The first-order chi connectivity index (χ1) is 6.59. The maximum atomic E-state index is 13.2. The molecule has 72 valence electrons. The summed E-state index contributed by atoms with van der Waals surface area (Å²) in [4.78, 5) is 13.1. The van der Waals surface area contributed by atoms with Crippen LogP contribution < -0.4 is 5.56 Å². The van der Waals surface area contributed by atoms with E-state index in [0.29, 0.717) is 0 Å². The first-order valence-corrected chi connectivity index (χ1v) is 4.14. The number of hydrogen-bond acceptors (Lipinski definition) is 1. The van der Waals surface area contributed by atoms with Gasteiger partial charge in [-0.2, -0.15) is 0 Å². The zero-order valence-corrected chi connectivity index (χ0v) is 7.53. The number of hydrogen-bond donors (Lipinski definition) is 1. The van der Waals surface area contributed by atoms with Crippen LogP contribution in [0.4, 0.5) is 8.78 Å². The molecule has 0 aliphatic rings. The number of nitrogens with one attached hydrogen (secondary N) is 1. The van der Waals surface area contributed by atoms with Crippen molar-refractivity contribution in [1.29, 1.82) is 0 Å². The lowest BCUT2D eigenvalue weighted by Crippen LogP contribution is -2.05. The molecule has 5 heteroatoms. The number of fused-ring (bicyclic) bond motifs is 1. The van der Waals surface area contributed by atoms with Crippen molar-refractivity contribution in [3.8, 4) is 0 Å². The van der Waals surface area contributed by atoms with Gasteiger partial charge in [0.15, 0.2) is 11.6 Å². The van der Waals surface area contributed by atoms with E-state index < -0.39 is 17.2 Å². The molecule has 0 amide bonds. The van der Waals surface area contributed by atoms with Gasteiger partial charge in [-0.25, -0.2) is 8.78 Å². The van der Waals surface area contributed by atoms with Crippen LogP contribution in [0.15, 0.2) is 23.0 Å². The lowest BCUT2D eigenvalue weighted by molar-refractivity contribution is 0.515. The molecule has 0 aliphatic heterocycles. The second kappa shape index (κ2) is 3.06. The summed E-state index contributed by atoms with van der Waals surface area (Å²) in [6.45, 7) is 0. The van der Waals surface area contributed by atoms with Crippen LogP contribution in [-0.4, -0.2) is 4.98 Å². The number of benzene rings is 1. The number of pyridine rings is 1. The number of halogens is 3. The SMILES string of the molecule is O=c1cc(Cl)c2ccc(F)c(F)c2[nH]1. The predicted octanol–water partition coefficient (Wildman–Crippen LogP) is 2.46. The number of H-pyrrole nitrogens is 1. The van der Waals surface area contributed by atoms with Crippen LogP contribution in [0.5, 0.6) is 0 Å². The van der Waals surface area contributed by atoms with Crippen LogP contribution >= 0.6 is 11.6 Å². The van der Waals surface area contributed by atoms with Crippen molar-refractivity contribution in [3.63, 3.8) is 0 Å². The largest absolute Gasteiger partial charge is 0.319 e. The molecule has 0 radical (unpaired) electrons. The Kier molecular flexibility index (Phi) is 2.00. The predicted molar refractivity (Wildman–Crippen MR) is 49.5 cm³/mol. The van der Waals surface area contributed by atoms with Crippen molar-refractivity contribution < 1.29 is 8.78 Å². The lowest BCUT2D eigenvalue weighted by Gasteiger charge is -2.01. The summed E-state index contributed by atoms with van der Waals surface area (Å²) in [5.74, 6) is -2.11. The highest BCUT2D eigenvalue weighted by Crippen LogP contribution is 2.23. The van der Waals surface area contributed by atoms with Gasteiger partial charge >= 0.3 is 0 Å². The summed E-state index contributed by atoms with van der Waals surface area (Å²) in [6, 6.07) is 3.38. The summed E-state index contributed by atoms with van der Waals surface area (Å²) in [7, 11) is 0. The summed E-state index contributed by atoms with van der Waals surface area (Å²) < 4.78 is 25.9. The first-order valence-electron chi connectivity index (χ1n) is 3.76. The van der Waals surface area contributed by atoms with Gasteiger partial charge in [-0.05, 0) is 12.1 Å². The fourth-order valence-corrected chi connectivity index (χ4v) is 1.48. The molecule has 2 rings (SSSR count). The highest BCUT2D eigenvalue weighted by molar-refractivity contribution is 6.35. The number of aromatic amines is 1. The standard InChI is InChI=1S/C9H4ClF2NO/c10-5-3-7(14)13-9-4(5)1-2-6(11)8(9)12/h1-3H,(H,13,14). The maximum absolute atomic E-state index is 13.2. The Morgan fingerprint density at radius 2 is 2.00 bits per heavy atom. The smallest absolute Gasteiger partial charge is 0.249 e. The minimum atomic E-state index is -1.10. The van der Waals surface area contributed by atoms with Gasteiger partial charge in [0.05, 0.1) is 10.5 Å². The summed E-state index contributed by atoms with van der Waals surface area (Å²) in [5, 5.41) is 0.382.